The largest absolute Gasteiger partial charge is 0.316 e. The lowest BCUT2D eigenvalue weighted by Crippen LogP contribution is -2.33. The molecule has 118 valence electrons. The molecule has 1 N–H and O–H groups in total. The first-order valence-corrected chi connectivity index (χ1v) is 8.74. The number of rotatable bonds is 6. The van der Waals surface area contributed by atoms with Crippen molar-refractivity contribution in [3.05, 3.63) is 29.6 Å². The molecule has 21 heavy (non-hydrogen) atoms. The van der Waals surface area contributed by atoms with Crippen molar-refractivity contribution in [2.24, 2.45) is 17.8 Å². The van der Waals surface area contributed by atoms with Crippen LogP contribution < -0.4 is 5.32 Å². The van der Waals surface area contributed by atoms with Gasteiger partial charge in [0.15, 0.2) is 0 Å². The second-order valence-corrected chi connectivity index (χ2v) is 7.18. The van der Waals surface area contributed by atoms with Gasteiger partial charge in [-0.3, -0.25) is 4.98 Å². The Hall–Kier alpha value is -0.890. The zero-order valence-electron chi connectivity index (χ0n) is 14.2. The zero-order chi connectivity index (χ0) is 15.2. The molecule has 1 fully saturated rings. The van der Waals surface area contributed by atoms with E-state index >= 15 is 0 Å². The minimum Gasteiger partial charge on any atom is -0.316 e. The lowest BCUT2D eigenvalue weighted by Gasteiger charge is -2.38. The van der Waals surface area contributed by atoms with E-state index < -0.39 is 0 Å². The van der Waals surface area contributed by atoms with Gasteiger partial charge in [0.25, 0.3) is 0 Å². The molecule has 1 aliphatic rings. The van der Waals surface area contributed by atoms with Crippen molar-refractivity contribution in [3.8, 4) is 0 Å². The molecule has 3 atom stereocenters. The molecule has 1 aromatic rings. The van der Waals surface area contributed by atoms with Gasteiger partial charge in [0, 0.05) is 12.4 Å². The van der Waals surface area contributed by atoms with Crippen LogP contribution in [0.4, 0.5) is 0 Å². The molecule has 2 rings (SSSR count). The summed E-state index contributed by atoms with van der Waals surface area (Å²) in [5.41, 5.74) is 2.75. The van der Waals surface area contributed by atoms with Crippen LogP contribution in [0.15, 0.2) is 18.5 Å². The first-order chi connectivity index (χ1) is 10.1. The predicted molar refractivity (Wildman–Crippen MR) is 90.5 cm³/mol. The van der Waals surface area contributed by atoms with Crippen LogP contribution in [0.25, 0.3) is 0 Å². The zero-order valence-corrected chi connectivity index (χ0v) is 14.2. The second-order valence-electron chi connectivity index (χ2n) is 7.18. The van der Waals surface area contributed by atoms with Crippen LogP contribution in [0.1, 0.15) is 63.5 Å². The maximum absolute atomic E-state index is 4.44. The summed E-state index contributed by atoms with van der Waals surface area (Å²) < 4.78 is 0. The Morgan fingerprint density at radius 1 is 1.29 bits per heavy atom. The molecule has 1 aromatic heterocycles. The van der Waals surface area contributed by atoms with Gasteiger partial charge < -0.3 is 5.32 Å². The average molecular weight is 288 g/mol. The van der Waals surface area contributed by atoms with Crippen molar-refractivity contribution in [1.29, 1.82) is 0 Å². The van der Waals surface area contributed by atoms with Crippen molar-refractivity contribution in [3.63, 3.8) is 0 Å². The van der Waals surface area contributed by atoms with Gasteiger partial charge in [-0.05, 0) is 80.5 Å². The maximum atomic E-state index is 4.44. The number of hydrogen-bond donors (Lipinski definition) is 1. The molecule has 0 spiro atoms. The highest BCUT2D eigenvalue weighted by Crippen LogP contribution is 2.42. The molecule has 0 aromatic carbocycles. The average Bonchev–Trinajstić information content (AvgIpc) is 2.47. The first kappa shape index (κ1) is 16.5. The first-order valence-electron chi connectivity index (χ1n) is 8.74. The van der Waals surface area contributed by atoms with Gasteiger partial charge in [-0.25, -0.2) is 0 Å². The van der Waals surface area contributed by atoms with Crippen LogP contribution in [0, 0.1) is 24.7 Å². The summed E-state index contributed by atoms with van der Waals surface area (Å²) in [5.74, 6) is 3.13. The minimum absolute atomic E-state index is 0.683. The number of aryl methyl sites for hydroxylation is 1. The lowest BCUT2D eigenvalue weighted by molar-refractivity contribution is 0.190. The van der Waals surface area contributed by atoms with Crippen molar-refractivity contribution in [1.82, 2.24) is 10.3 Å². The molecule has 2 heteroatoms. The summed E-state index contributed by atoms with van der Waals surface area (Å²) in [7, 11) is 0. The third kappa shape index (κ3) is 4.54. The van der Waals surface area contributed by atoms with E-state index in [0.717, 1.165) is 30.8 Å². The van der Waals surface area contributed by atoms with E-state index in [2.05, 4.69) is 50.3 Å². The van der Waals surface area contributed by atoms with E-state index in [-0.39, 0.29) is 0 Å². The topological polar surface area (TPSA) is 24.9 Å². The molecule has 1 aliphatic carbocycles. The fraction of sp³-hybridized carbons (Fsp3) is 0.737. The number of pyridine rings is 1. The van der Waals surface area contributed by atoms with Crippen LogP contribution in [0.5, 0.6) is 0 Å². The Kier molecular flexibility index (Phi) is 6.22. The Morgan fingerprint density at radius 3 is 2.76 bits per heavy atom. The normalized spacial score (nSPS) is 26.2. The molecule has 0 radical (unpaired) electrons. The highest BCUT2D eigenvalue weighted by molar-refractivity contribution is 5.22. The summed E-state index contributed by atoms with van der Waals surface area (Å²) in [6.45, 7) is 11.5. The summed E-state index contributed by atoms with van der Waals surface area (Å²) >= 11 is 0. The van der Waals surface area contributed by atoms with Crippen molar-refractivity contribution in [2.75, 3.05) is 13.1 Å². The van der Waals surface area contributed by atoms with Gasteiger partial charge in [-0.1, -0.05) is 26.8 Å². The van der Waals surface area contributed by atoms with E-state index in [1.165, 1.54) is 36.8 Å². The molecule has 0 bridgehead atoms. The highest BCUT2D eigenvalue weighted by atomic mass is 14.9. The fourth-order valence-electron chi connectivity index (χ4n) is 3.77. The maximum Gasteiger partial charge on any atom is 0.0303 e. The monoisotopic (exact) mass is 288 g/mol. The predicted octanol–water partition coefficient (Wildman–Crippen LogP) is 4.55. The van der Waals surface area contributed by atoms with Crippen LogP contribution in [0.3, 0.4) is 0 Å². The molecule has 0 aliphatic heterocycles. The third-order valence-electron chi connectivity index (χ3n) is 5.13. The second kappa shape index (κ2) is 7.93. The van der Waals surface area contributed by atoms with Crippen LogP contribution in [0.2, 0.25) is 0 Å². The van der Waals surface area contributed by atoms with Gasteiger partial charge in [0.2, 0.25) is 0 Å². The summed E-state index contributed by atoms with van der Waals surface area (Å²) in [6.07, 6.45) is 9.38. The Bertz CT molecular complexity index is 427. The molecule has 2 nitrogen and oxygen atoms in total. The van der Waals surface area contributed by atoms with E-state index in [4.69, 9.17) is 0 Å². The van der Waals surface area contributed by atoms with Crippen LogP contribution in [-0.4, -0.2) is 18.1 Å². The minimum atomic E-state index is 0.683. The van der Waals surface area contributed by atoms with Gasteiger partial charge in [-0.15, -0.1) is 0 Å². The standard InChI is InChI=1S/C19H32N2/c1-5-8-20-12-17-7-6-16(14(2)3)10-19(17)18-9-15(4)11-21-13-18/h9,11,13-14,16-17,19-20H,5-8,10,12H2,1-4H3. The summed E-state index contributed by atoms with van der Waals surface area (Å²) in [4.78, 5) is 4.44. The van der Waals surface area contributed by atoms with E-state index in [1.54, 1.807) is 0 Å². The Morgan fingerprint density at radius 2 is 2.10 bits per heavy atom. The van der Waals surface area contributed by atoms with Crippen LogP contribution >= 0.6 is 0 Å². The van der Waals surface area contributed by atoms with Crippen molar-refractivity contribution >= 4 is 0 Å². The van der Waals surface area contributed by atoms with E-state index in [0.29, 0.717) is 5.92 Å². The summed E-state index contributed by atoms with van der Waals surface area (Å²) in [5, 5.41) is 3.64. The SMILES string of the molecule is CCCNCC1CCC(C(C)C)CC1c1cncc(C)c1. The third-order valence-corrected chi connectivity index (χ3v) is 5.13. The number of aromatic nitrogens is 1. The molecular formula is C19H32N2. The molecule has 3 unspecified atom stereocenters. The quantitative estimate of drug-likeness (QED) is 0.777. The molecular weight excluding hydrogens is 256 g/mol. The summed E-state index contributed by atoms with van der Waals surface area (Å²) in [6, 6.07) is 2.35. The van der Waals surface area contributed by atoms with Gasteiger partial charge >= 0.3 is 0 Å². The van der Waals surface area contributed by atoms with Crippen molar-refractivity contribution < 1.29 is 0 Å². The Labute approximate surface area is 130 Å². The smallest absolute Gasteiger partial charge is 0.0303 e. The van der Waals surface area contributed by atoms with Gasteiger partial charge in [0.1, 0.15) is 0 Å². The molecule has 0 saturated heterocycles. The molecule has 0 amide bonds. The highest BCUT2D eigenvalue weighted by Gasteiger charge is 2.32. The van der Waals surface area contributed by atoms with E-state index in [9.17, 15) is 0 Å². The lowest BCUT2D eigenvalue weighted by atomic mass is 9.68. The number of nitrogens with one attached hydrogen (secondary N) is 1. The molecule has 1 saturated carbocycles. The van der Waals surface area contributed by atoms with Gasteiger partial charge in [-0.2, -0.15) is 0 Å². The Balaban J connectivity index is 2.11. The number of hydrogen-bond acceptors (Lipinski definition) is 2. The fourth-order valence-corrected chi connectivity index (χ4v) is 3.77. The van der Waals surface area contributed by atoms with E-state index in [1.807, 2.05) is 6.20 Å². The number of nitrogens with zero attached hydrogens (tertiary/aromatic N) is 1. The van der Waals surface area contributed by atoms with Crippen LogP contribution in [-0.2, 0) is 0 Å². The van der Waals surface area contributed by atoms with Gasteiger partial charge in [0.05, 0.1) is 0 Å². The van der Waals surface area contributed by atoms with Crippen molar-refractivity contribution in [2.45, 2.75) is 59.3 Å². The molecule has 1 heterocycles.